The first kappa shape index (κ1) is 19.1. The maximum Gasteiger partial charge on any atom is 0.257 e. The van der Waals surface area contributed by atoms with Crippen LogP contribution in [0.4, 0.5) is 4.39 Å². The third-order valence-corrected chi connectivity index (χ3v) is 4.55. The Labute approximate surface area is 157 Å². The lowest BCUT2D eigenvalue weighted by Gasteiger charge is -2.27. The molecule has 6 nitrogen and oxygen atoms in total. The fraction of sp³-hybridized carbons (Fsp3) is 0.400. The van der Waals surface area contributed by atoms with Crippen LogP contribution in [0.15, 0.2) is 47.3 Å². The molecule has 144 valence electrons. The highest BCUT2D eigenvalue weighted by molar-refractivity contribution is 5.96. The Hall–Kier alpha value is -2.67. The number of hydrogen-bond acceptors (Lipinski definition) is 4. The molecule has 1 aromatic heterocycles. The van der Waals surface area contributed by atoms with Crippen molar-refractivity contribution in [3.63, 3.8) is 0 Å². The predicted octanol–water partition coefficient (Wildman–Crippen LogP) is 2.70. The fourth-order valence-electron chi connectivity index (χ4n) is 3.07. The first-order valence-corrected chi connectivity index (χ1v) is 8.91. The van der Waals surface area contributed by atoms with Crippen LogP contribution in [0.1, 0.15) is 29.8 Å². The molecule has 7 heteroatoms. The third-order valence-electron chi connectivity index (χ3n) is 4.55. The maximum absolute atomic E-state index is 13.1. The second-order valence-electron chi connectivity index (χ2n) is 6.90. The van der Waals surface area contributed by atoms with E-state index in [0.29, 0.717) is 18.7 Å². The van der Waals surface area contributed by atoms with E-state index < -0.39 is 0 Å². The van der Waals surface area contributed by atoms with Crippen molar-refractivity contribution in [3.05, 3.63) is 59.8 Å². The van der Waals surface area contributed by atoms with Gasteiger partial charge in [0.05, 0.1) is 24.5 Å². The summed E-state index contributed by atoms with van der Waals surface area (Å²) in [6.45, 7) is 4.83. The molecule has 1 saturated heterocycles. The van der Waals surface area contributed by atoms with E-state index in [1.165, 1.54) is 29.6 Å². The molecule has 27 heavy (non-hydrogen) atoms. The van der Waals surface area contributed by atoms with Gasteiger partial charge in [-0.2, -0.15) is 0 Å². The predicted molar refractivity (Wildman–Crippen MR) is 96.4 cm³/mol. The average molecular weight is 374 g/mol. The summed E-state index contributed by atoms with van der Waals surface area (Å²) in [6.07, 6.45) is 2.45. The normalized spacial score (nSPS) is 18.1. The van der Waals surface area contributed by atoms with Crippen molar-refractivity contribution in [2.45, 2.75) is 32.6 Å². The van der Waals surface area contributed by atoms with Crippen LogP contribution in [0.2, 0.25) is 0 Å². The van der Waals surface area contributed by atoms with Gasteiger partial charge in [0.15, 0.2) is 0 Å². The summed E-state index contributed by atoms with van der Waals surface area (Å²) in [5.41, 5.74) is 1.23. The molecule has 1 atom stereocenters. The van der Waals surface area contributed by atoms with Crippen LogP contribution >= 0.6 is 0 Å². The van der Waals surface area contributed by atoms with Crippen molar-refractivity contribution in [2.24, 2.45) is 0 Å². The van der Waals surface area contributed by atoms with Crippen molar-refractivity contribution in [3.8, 4) is 0 Å². The lowest BCUT2D eigenvalue weighted by Crippen LogP contribution is -2.42. The molecule has 0 saturated carbocycles. The molecule has 0 aliphatic carbocycles. The smallest absolute Gasteiger partial charge is 0.257 e. The summed E-state index contributed by atoms with van der Waals surface area (Å²) in [7, 11) is 0. The molecule has 1 aliphatic rings. The quantitative estimate of drug-likeness (QED) is 0.807. The molecule has 3 rings (SSSR count). The Morgan fingerprint density at radius 1 is 1.26 bits per heavy atom. The summed E-state index contributed by atoms with van der Waals surface area (Å²) in [6, 6.07) is 7.65. The number of amides is 2. The highest BCUT2D eigenvalue weighted by Crippen LogP contribution is 2.16. The number of ether oxygens (including phenoxy) is 1. The molecule has 1 aromatic carbocycles. The summed E-state index contributed by atoms with van der Waals surface area (Å²) < 4.78 is 24.0. The van der Waals surface area contributed by atoms with Gasteiger partial charge in [-0.15, -0.1) is 0 Å². The zero-order valence-electron chi connectivity index (χ0n) is 15.4. The highest BCUT2D eigenvalue weighted by atomic mass is 19.1. The number of furan rings is 1. The van der Waals surface area contributed by atoms with Gasteiger partial charge in [0.25, 0.3) is 5.91 Å². The Morgan fingerprint density at radius 3 is 2.63 bits per heavy atom. The van der Waals surface area contributed by atoms with Gasteiger partial charge in [-0.05, 0) is 37.6 Å². The van der Waals surface area contributed by atoms with Gasteiger partial charge in [0.1, 0.15) is 18.6 Å². The van der Waals surface area contributed by atoms with E-state index in [0.717, 1.165) is 5.56 Å². The molecule has 1 aliphatic heterocycles. The van der Waals surface area contributed by atoms with Gasteiger partial charge < -0.3 is 19.0 Å². The van der Waals surface area contributed by atoms with Crippen LogP contribution in [0, 0.1) is 5.82 Å². The SMILES string of the molecule is CC(C)N1CC(OCc2ccc(F)cc2)CN(C(=O)c2ccoc2)CC1=O. The minimum absolute atomic E-state index is 0.00139. The molecule has 0 N–H and O–H groups in total. The van der Waals surface area contributed by atoms with Crippen molar-refractivity contribution >= 4 is 11.8 Å². The molecular formula is C20H23FN2O4. The molecule has 2 heterocycles. The maximum atomic E-state index is 13.1. The van der Waals surface area contributed by atoms with Crippen molar-refractivity contribution in [2.75, 3.05) is 19.6 Å². The van der Waals surface area contributed by atoms with Gasteiger partial charge in [-0.3, -0.25) is 9.59 Å². The summed E-state index contributed by atoms with van der Waals surface area (Å²) in [5, 5.41) is 0. The van der Waals surface area contributed by atoms with Crippen LogP contribution < -0.4 is 0 Å². The number of carbonyl (C=O) groups is 2. The van der Waals surface area contributed by atoms with Crippen LogP contribution in [0.3, 0.4) is 0 Å². The number of benzene rings is 1. The minimum Gasteiger partial charge on any atom is -0.472 e. The monoisotopic (exact) mass is 374 g/mol. The summed E-state index contributed by atoms with van der Waals surface area (Å²) in [5.74, 6) is -0.686. The van der Waals surface area contributed by atoms with E-state index in [1.807, 2.05) is 13.8 Å². The topological polar surface area (TPSA) is 63.0 Å². The van der Waals surface area contributed by atoms with E-state index in [9.17, 15) is 14.0 Å². The third kappa shape index (κ3) is 4.74. The number of hydrogen-bond donors (Lipinski definition) is 0. The molecule has 1 unspecified atom stereocenters. The van der Waals surface area contributed by atoms with Gasteiger partial charge in [-0.1, -0.05) is 12.1 Å². The zero-order valence-corrected chi connectivity index (χ0v) is 15.4. The fourth-order valence-corrected chi connectivity index (χ4v) is 3.07. The first-order valence-electron chi connectivity index (χ1n) is 8.91. The van der Waals surface area contributed by atoms with E-state index in [-0.39, 0.29) is 42.9 Å². The van der Waals surface area contributed by atoms with E-state index in [2.05, 4.69) is 0 Å². The van der Waals surface area contributed by atoms with E-state index >= 15 is 0 Å². The first-order chi connectivity index (χ1) is 12.9. The highest BCUT2D eigenvalue weighted by Gasteiger charge is 2.32. The molecule has 2 aromatic rings. The van der Waals surface area contributed by atoms with Gasteiger partial charge in [0.2, 0.25) is 5.91 Å². The minimum atomic E-state index is -0.347. The number of carbonyl (C=O) groups excluding carboxylic acids is 2. The lowest BCUT2D eigenvalue weighted by molar-refractivity contribution is -0.133. The van der Waals surface area contributed by atoms with Crippen LogP contribution in [-0.4, -0.2) is 53.4 Å². The molecule has 0 spiro atoms. The van der Waals surface area contributed by atoms with Crippen LogP contribution in [-0.2, 0) is 16.1 Å². The van der Waals surface area contributed by atoms with Crippen molar-refractivity contribution in [1.82, 2.24) is 9.80 Å². The Kier molecular flexibility index (Phi) is 5.91. The number of nitrogens with zero attached hydrogens (tertiary/aromatic N) is 2. The van der Waals surface area contributed by atoms with Gasteiger partial charge in [-0.25, -0.2) is 4.39 Å². The Bertz CT molecular complexity index is 774. The lowest BCUT2D eigenvalue weighted by atomic mass is 10.2. The molecular weight excluding hydrogens is 351 g/mol. The van der Waals surface area contributed by atoms with Crippen molar-refractivity contribution < 1.29 is 23.1 Å². The number of halogens is 1. The second kappa shape index (κ2) is 8.35. The Morgan fingerprint density at radius 2 is 2.00 bits per heavy atom. The summed E-state index contributed by atoms with van der Waals surface area (Å²) in [4.78, 5) is 28.5. The van der Waals surface area contributed by atoms with E-state index in [1.54, 1.807) is 23.1 Å². The van der Waals surface area contributed by atoms with Crippen LogP contribution in [0.25, 0.3) is 0 Å². The van der Waals surface area contributed by atoms with Gasteiger partial charge in [0, 0.05) is 19.1 Å². The molecule has 1 fully saturated rings. The Balaban J connectivity index is 1.74. The average Bonchev–Trinajstić information content (AvgIpc) is 3.12. The van der Waals surface area contributed by atoms with E-state index in [4.69, 9.17) is 9.15 Å². The zero-order chi connectivity index (χ0) is 19.4. The molecule has 2 amide bonds. The van der Waals surface area contributed by atoms with Crippen molar-refractivity contribution in [1.29, 1.82) is 0 Å². The standard InChI is InChI=1S/C20H23FN2O4/c1-14(2)23-10-18(27-12-15-3-5-17(21)6-4-15)9-22(11-19(23)24)20(25)16-7-8-26-13-16/h3-8,13-14,18H,9-12H2,1-2H3. The second-order valence-corrected chi connectivity index (χ2v) is 6.90. The van der Waals surface area contributed by atoms with Crippen LogP contribution in [0.5, 0.6) is 0 Å². The molecule has 0 radical (unpaired) electrons. The van der Waals surface area contributed by atoms with Gasteiger partial charge >= 0.3 is 0 Å². The number of rotatable bonds is 5. The summed E-state index contributed by atoms with van der Waals surface area (Å²) >= 11 is 0. The molecule has 0 bridgehead atoms. The largest absolute Gasteiger partial charge is 0.472 e.